The second-order valence-electron chi connectivity index (χ2n) is 2.25. The predicted octanol–water partition coefficient (Wildman–Crippen LogP) is 0.224. The molecule has 0 aromatic carbocycles. The van der Waals surface area contributed by atoms with Gasteiger partial charge in [-0.3, -0.25) is 5.32 Å². The lowest BCUT2D eigenvalue weighted by Gasteiger charge is -2.11. The van der Waals surface area contributed by atoms with Crippen LogP contribution in [-0.4, -0.2) is 31.7 Å². The lowest BCUT2D eigenvalue weighted by atomic mass is 10.4. The summed E-state index contributed by atoms with van der Waals surface area (Å²) < 4.78 is 13.5. The Hall–Kier alpha value is -1.46. The molecule has 1 N–H and O–H groups in total. The number of ether oxygens (including phenoxy) is 3. The number of alkyl carbamates (subject to hydrolysis) is 1. The van der Waals surface area contributed by atoms with E-state index in [2.05, 4.69) is 19.5 Å². The van der Waals surface area contributed by atoms with Crippen molar-refractivity contribution in [2.75, 3.05) is 7.11 Å². The Kier molecular flexibility index (Phi) is 2.37. The largest absolute Gasteiger partial charge is 0.510 e. The summed E-state index contributed by atoms with van der Waals surface area (Å²) in [7, 11) is 1.22. The molecule has 2 unspecified atom stereocenters. The number of rotatable bonds is 1. The number of hydrogen-bond donors (Lipinski definition) is 1. The van der Waals surface area contributed by atoms with Crippen LogP contribution in [0.3, 0.4) is 0 Å². The summed E-state index contributed by atoms with van der Waals surface area (Å²) in [5.74, 6) is 0. The molecule has 0 aromatic heterocycles. The fraction of sp³-hybridized carbons (Fsp3) is 0.667. The van der Waals surface area contributed by atoms with Gasteiger partial charge in [0.15, 0.2) is 6.10 Å². The lowest BCUT2D eigenvalue weighted by molar-refractivity contribution is 0.0994. The third kappa shape index (κ3) is 1.77. The molecule has 0 bridgehead atoms. The number of cyclic esters (lactones) is 2. The minimum atomic E-state index is -0.788. The highest BCUT2D eigenvalue weighted by molar-refractivity contribution is 5.69. The predicted molar refractivity (Wildman–Crippen MR) is 36.4 cm³/mol. The number of nitrogens with one attached hydrogen (secondary N) is 1. The average molecular weight is 175 g/mol. The van der Waals surface area contributed by atoms with Crippen LogP contribution >= 0.6 is 0 Å². The van der Waals surface area contributed by atoms with E-state index in [0.717, 1.165) is 0 Å². The molecule has 1 rings (SSSR count). The Labute approximate surface area is 68.8 Å². The van der Waals surface area contributed by atoms with E-state index in [1.165, 1.54) is 7.11 Å². The van der Waals surface area contributed by atoms with Crippen molar-refractivity contribution in [2.24, 2.45) is 0 Å². The van der Waals surface area contributed by atoms with E-state index in [0.29, 0.717) is 0 Å². The Morgan fingerprint density at radius 2 is 2.25 bits per heavy atom. The molecule has 0 aromatic rings. The van der Waals surface area contributed by atoms with E-state index in [4.69, 9.17) is 0 Å². The number of amides is 1. The molecule has 1 amide bonds. The Bertz CT molecular complexity index is 204. The van der Waals surface area contributed by atoms with Crippen molar-refractivity contribution in [3.05, 3.63) is 0 Å². The van der Waals surface area contributed by atoms with Crippen LogP contribution in [0.15, 0.2) is 0 Å². The molecule has 1 saturated heterocycles. The smallest absolute Gasteiger partial charge is 0.453 e. The molecule has 6 heteroatoms. The van der Waals surface area contributed by atoms with Crippen LogP contribution in [-0.2, 0) is 14.2 Å². The summed E-state index contributed by atoms with van der Waals surface area (Å²) >= 11 is 0. The Morgan fingerprint density at radius 3 is 2.67 bits per heavy atom. The number of carbonyl (C=O) groups excluding carboxylic acids is 2. The van der Waals surface area contributed by atoms with Crippen LogP contribution in [0.1, 0.15) is 6.92 Å². The van der Waals surface area contributed by atoms with E-state index >= 15 is 0 Å². The van der Waals surface area contributed by atoms with Gasteiger partial charge < -0.3 is 14.2 Å². The van der Waals surface area contributed by atoms with Gasteiger partial charge in [-0.2, -0.15) is 0 Å². The van der Waals surface area contributed by atoms with Gasteiger partial charge in [0, 0.05) is 0 Å². The average Bonchev–Trinajstić information content (AvgIpc) is 2.30. The maximum Gasteiger partial charge on any atom is 0.510 e. The van der Waals surface area contributed by atoms with Gasteiger partial charge in [0.1, 0.15) is 0 Å². The zero-order chi connectivity index (χ0) is 9.14. The van der Waals surface area contributed by atoms with Crippen LogP contribution in [0.4, 0.5) is 9.59 Å². The molecule has 12 heavy (non-hydrogen) atoms. The summed E-state index contributed by atoms with van der Waals surface area (Å²) in [4.78, 5) is 21.1. The van der Waals surface area contributed by atoms with Gasteiger partial charge in [-0.1, -0.05) is 0 Å². The number of hydrogen-bond acceptors (Lipinski definition) is 5. The highest BCUT2D eigenvalue weighted by Crippen LogP contribution is 2.11. The quantitative estimate of drug-likeness (QED) is 0.577. The molecule has 1 aliphatic heterocycles. The van der Waals surface area contributed by atoms with Gasteiger partial charge >= 0.3 is 12.2 Å². The van der Waals surface area contributed by atoms with Gasteiger partial charge in [-0.15, -0.1) is 0 Å². The van der Waals surface area contributed by atoms with Gasteiger partial charge in [-0.25, -0.2) is 9.59 Å². The van der Waals surface area contributed by atoms with Crippen molar-refractivity contribution >= 4 is 12.2 Å². The number of carbonyl (C=O) groups is 2. The van der Waals surface area contributed by atoms with Crippen molar-refractivity contribution in [2.45, 2.75) is 19.3 Å². The highest BCUT2D eigenvalue weighted by Gasteiger charge is 2.34. The SMILES string of the molecule is COC(=O)NC1OC(=O)OC1C. The van der Waals surface area contributed by atoms with Gasteiger partial charge in [0.05, 0.1) is 7.11 Å². The molecular formula is C6H9NO5. The summed E-state index contributed by atoms with van der Waals surface area (Å²) in [5, 5.41) is 2.28. The molecule has 2 atom stereocenters. The number of methoxy groups -OCH3 is 1. The third-order valence-corrected chi connectivity index (χ3v) is 1.38. The second-order valence-corrected chi connectivity index (χ2v) is 2.25. The second kappa shape index (κ2) is 3.29. The van der Waals surface area contributed by atoms with Crippen LogP contribution < -0.4 is 5.32 Å². The summed E-state index contributed by atoms with van der Waals surface area (Å²) in [6.07, 6.45) is -2.70. The topological polar surface area (TPSA) is 73.9 Å². The van der Waals surface area contributed by atoms with Crippen LogP contribution in [0.25, 0.3) is 0 Å². The summed E-state index contributed by atoms with van der Waals surface area (Å²) in [5.41, 5.74) is 0. The van der Waals surface area contributed by atoms with Crippen molar-refractivity contribution in [3.63, 3.8) is 0 Å². The van der Waals surface area contributed by atoms with Crippen molar-refractivity contribution in [3.8, 4) is 0 Å². The van der Waals surface area contributed by atoms with Crippen molar-refractivity contribution in [1.29, 1.82) is 0 Å². The zero-order valence-electron chi connectivity index (χ0n) is 6.70. The van der Waals surface area contributed by atoms with Crippen molar-refractivity contribution in [1.82, 2.24) is 5.32 Å². The minimum Gasteiger partial charge on any atom is -0.453 e. The van der Waals surface area contributed by atoms with Crippen LogP contribution in [0, 0.1) is 0 Å². The zero-order valence-corrected chi connectivity index (χ0v) is 6.70. The molecule has 6 nitrogen and oxygen atoms in total. The monoisotopic (exact) mass is 175 g/mol. The highest BCUT2D eigenvalue weighted by atomic mass is 16.8. The molecule has 1 fully saturated rings. The maximum atomic E-state index is 10.6. The first-order valence-corrected chi connectivity index (χ1v) is 3.35. The van der Waals surface area contributed by atoms with Gasteiger partial charge in [-0.05, 0) is 6.92 Å². The molecule has 0 aliphatic carbocycles. The molecular weight excluding hydrogens is 166 g/mol. The molecule has 0 saturated carbocycles. The molecule has 0 spiro atoms. The van der Waals surface area contributed by atoms with E-state index in [9.17, 15) is 9.59 Å². The fourth-order valence-corrected chi connectivity index (χ4v) is 0.763. The fourth-order valence-electron chi connectivity index (χ4n) is 0.763. The Morgan fingerprint density at radius 1 is 1.58 bits per heavy atom. The molecule has 68 valence electrons. The minimum absolute atomic E-state index is 0.489. The molecule has 1 heterocycles. The van der Waals surface area contributed by atoms with E-state index in [1.807, 2.05) is 0 Å². The third-order valence-electron chi connectivity index (χ3n) is 1.38. The first-order chi connectivity index (χ1) is 5.63. The first kappa shape index (κ1) is 8.63. The van der Waals surface area contributed by atoms with Gasteiger partial charge in [0.25, 0.3) is 0 Å². The van der Waals surface area contributed by atoms with E-state index in [-0.39, 0.29) is 0 Å². The summed E-state index contributed by atoms with van der Waals surface area (Å²) in [6.45, 7) is 1.60. The van der Waals surface area contributed by atoms with Crippen LogP contribution in [0.5, 0.6) is 0 Å². The molecule has 1 aliphatic rings. The van der Waals surface area contributed by atoms with Crippen molar-refractivity contribution < 1.29 is 23.8 Å². The standard InChI is InChI=1S/C6H9NO5/c1-3-4(7-5(8)10-2)12-6(9)11-3/h3-4H,1-2H3,(H,7,8). The Balaban J connectivity index is 2.42. The van der Waals surface area contributed by atoms with Crippen LogP contribution in [0.2, 0.25) is 0 Å². The first-order valence-electron chi connectivity index (χ1n) is 3.35. The van der Waals surface area contributed by atoms with E-state index in [1.54, 1.807) is 6.92 Å². The van der Waals surface area contributed by atoms with E-state index < -0.39 is 24.6 Å². The van der Waals surface area contributed by atoms with Gasteiger partial charge in [0.2, 0.25) is 6.23 Å². The summed E-state index contributed by atoms with van der Waals surface area (Å²) in [6, 6.07) is 0. The lowest BCUT2D eigenvalue weighted by Crippen LogP contribution is -2.40. The normalized spacial score (nSPS) is 27.3. The maximum absolute atomic E-state index is 10.6. The molecule has 0 radical (unpaired) electrons.